The van der Waals surface area contributed by atoms with E-state index in [9.17, 15) is 9.90 Å². The van der Waals surface area contributed by atoms with Gasteiger partial charge in [-0.1, -0.05) is 13.8 Å². The molecule has 1 rings (SSSR count). The van der Waals surface area contributed by atoms with Crippen LogP contribution in [0.1, 0.15) is 53.4 Å². The lowest BCUT2D eigenvalue weighted by Gasteiger charge is -2.40. The zero-order chi connectivity index (χ0) is 13.2. The van der Waals surface area contributed by atoms with Crippen molar-refractivity contribution in [1.29, 1.82) is 0 Å². The predicted octanol–water partition coefficient (Wildman–Crippen LogP) is 3.00. The SMILES string of the molecule is CC(C)CCC(C)(C(=O)O)N(C)C(C)C1CC1. The maximum Gasteiger partial charge on any atom is 0.323 e. The minimum atomic E-state index is -0.716. The molecule has 2 unspecified atom stereocenters. The standard InChI is InChI=1S/C14H27NO2/c1-10(2)8-9-14(4,13(16)17)15(5)11(3)12-6-7-12/h10-12H,6-9H2,1-5H3,(H,16,17). The molecule has 0 amide bonds. The van der Waals surface area contributed by atoms with E-state index in [0.717, 1.165) is 12.8 Å². The van der Waals surface area contributed by atoms with Gasteiger partial charge >= 0.3 is 5.97 Å². The van der Waals surface area contributed by atoms with Gasteiger partial charge in [0.25, 0.3) is 0 Å². The zero-order valence-electron chi connectivity index (χ0n) is 11.9. The summed E-state index contributed by atoms with van der Waals surface area (Å²) in [5.41, 5.74) is -0.716. The summed E-state index contributed by atoms with van der Waals surface area (Å²) in [7, 11) is 1.97. The molecular weight excluding hydrogens is 214 g/mol. The third kappa shape index (κ3) is 3.44. The average molecular weight is 241 g/mol. The van der Waals surface area contributed by atoms with Crippen LogP contribution < -0.4 is 0 Å². The van der Waals surface area contributed by atoms with Gasteiger partial charge in [-0.05, 0) is 58.4 Å². The van der Waals surface area contributed by atoms with Crippen LogP contribution in [-0.4, -0.2) is 34.6 Å². The van der Waals surface area contributed by atoms with E-state index in [1.807, 2.05) is 14.0 Å². The highest BCUT2D eigenvalue weighted by molar-refractivity contribution is 5.78. The third-order valence-electron chi connectivity index (χ3n) is 4.36. The molecule has 3 nitrogen and oxygen atoms in total. The zero-order valence-corrected chi connectivity index (χ0v) is 11.9. The van der Waals surface area contributed by atoms with Crippen LogP contribution in [0.5, 0.6) is 0 Å². The Balaban J connectivity index is 2.70. The van der Waals surface area contributed by atoms with Crippen molar-refractivity contribution in [3.63, 3.8) is 0 Å². The lowest BCUT2D eigenvalue weighted by Crippen LogP contribution is -2.54. The first-order valence-corrected chi connectivity index (χ1v) is 6.75. The van der Waals surface area contributed by atoms with E-state index >= 15 is 0 Å². The first-order valence-electron chi connectivity index (χ1n) is 6.75. The Labute approximate surface area is 105 Å². The molecule has 100 valence electrons. The molecule has 1 N–H and O–H groups in total. The first kappa shape index (κ1) is 14.5. The molecule has 0 aromatic rings. The summed E-state index contributed by atoms with van der Waals surface area (Å²) >= 11 is 0. The first-order chi connectivity index (χ1) is 7.79. The number of carbonyl (C=O) groups is 1. The molecular formula is C14H27NO2. The van der Waals surface area contributed by atoms with Crippen molar-refractivity contribution < 1.29 is 9.90 Å². The van der Waals surface area contributed by atoms with Crippen molar-refractivity contribution in [3.05, 3.63) is 0 Å². The number of nitrogens with zero attached hydrogens (tertiary/aromatic N) is 1. The Hall–Kier alpha value is -0.570. The van der Waals surface area contributed by atoms with E-state index in [2.05, 4.69) is 25.7 Å². The number of aliphatic carboxylic acids is 1. The van der Waals surface area contributed by atoms with E-state index in [0.29, 0.717) is 17.9 Å². The summed E-state index contributed by atoms with van der Waals surface area (Å²) in [6.45, 7) is 8.32. The van der Waals surface area contributed by atoms with Crippen LogP contribution >= 0.6 is 0 Å². The molecule has 1 aliphatic rings. The fourth-order valence-electron chi connectivity index (χ4n) is 2.35. The van der Waals surface area contributed by atoms with Crippen molar-refractivity contribution in [2.24, 2.45) is 11.8 Å². The molecule has 17 heavy (non-hydrogen) atoms. The van der Waals surface area contributed by atoms with E-state index in [4.69, 9.17) is 0 Å². The van der Waals surface area contributed by atoms with Crippen LogP contribution in [0.3, 0.4) is 0 Å². The van der Waals surface area contributed by atoms with Crippen LogP contribution in [-0.2, 0) is 4.79 Å². The van der Waals surface area contributed by atoms with Crippen molar-refractivity contribution in [3.8, 4) is 0 Å². The molecule has 0 bridgehead atoms. The van der Waals surface area contributed by atoms with E-state index in [1.165, 1.54) is 12.8 Å². The summed E-state index contributed by atoms with van der Waals surface area (Å²) in [6, 6.07) is 0.378. The Bertz CT molecular complexity index is 273. The van der Waals surface area contributed by atoms with Crippen molar-refractivity contribution in [2.75, 3.05) is 7.05 Å². The van der Waals surface area contributed by atoms with Gasteiger partial charge in [-0.15, -0.1) is 0 Å². The largest absolute Gasteiger partial charge is 0.480 e. The normalized spacial score (nSPS) is 21.6. The molecule has 0 radical (unpaired) electrons. The molecule has 0 aromatic carbocycles. The molecule has 1 aliphatic carbocycles. The fraction of sp³-hybridized carbons (Fsp3) is 0.929. The van der Waals surface area contributed by atoms with Gasteiger partial charge in [-0.3, -0.25) is 9.69 Å². The van der Waals surface area contributed by atoms with Crippen LogP contribution in [0.2, 0.25) is 0 Å². The lowest BCUT2D eigenvalue weighted by molar-refractivity contribution is -0.152. The van der Waals surface area contributed by atoms with Gasteiger partial charge in [0.1, 0.15) is 5.54 Å². The molecule has 0 saturated heterocycles. The summed E-state index contributed by atoms with van der Waals surface area (Å²) in [5, 5.41) is 9.53. The summed E-state index contributed by atoms with van der Waals surface area (Å²) < 4.78 is 0. The summed E-state index contributed by atoms with van der Waals surface area (Å²) in [5.74, 6) is 0.573. The molecule has 2 atom stereocenters. The second kappa shape index (κ2) is 5.38. The number of rotatable bonds is 7. The predicted molar refractivity (Wildman–Crippen MR) is 70.1 cm³/mol. The van der Waals surface area contributed by atoms with Gasteiger partial charge in [0.15, 0.2) is 0 Å². The monoisotopic (exact) mass is 241 g/mol. The molecule has 1 fully saturated rings. The maximum absolute atomic E-state index is 11.6. The molecule has 0 heterocycles. The number of carboxylic acid groups (broad SMARTS) is 1. The minimum Gasteiger partial charge on any atom is -0.480 e. The van der Waals surface area contributed by atoms with Gasteiger partial charge in [0, 0.05) is 6.04 Å². The topological polar surface area (TPSA) is 40.5 Å². The van der Waals surface area contributed by atoms with Gasteiger partial charge in [-0.25, -0.2) is 0 Å². The Morgan fingerprint density at radius 3 is 2.29 bits per heavy atom. The van der Waals surface area contributed by atoms with E-state index < -0.39 is 11.5 Å². The minimum absolute atomic E-state index is 0.378. The van der Waals surface area contributed by atoms with Gasteiger partial charge in [0.05, 0.1) is 0 Å². The number of carboxylic acids is 1. The highest BCUT2D eigenvalue weighted by Crippen LogP contribution is 2.38. The lowest BCUT2D eigenvalue weighted by atomic mass is 9.89. The Kier molecular flexibility index (Phi) is 4.59. The van der Waals surface area contributed by atoms with Crippen molar-refractivity contribution >= 4 is 5.97 Å². The van der Waals surface area contributed by atoms with Gasteiger partial charge in [-0.2, -0.15) is 0 Å². The summed E-state index contributed by atoms with van der Waals surface area (Å²) in [4.78, 5) is 13.7. The number of likely N-dealkylation sites (N-methyl/N-ethyl adjacent to an activating group) is 1. The highest BCUT2D eigenvalue weighted by Gasteiger charge is 2.43. The second-order valence-corrected chi connectivity index (χ2v) is 6.20. The Morgan fingerprint density at radius 2 is 1.94 bits per heavy atom. The van der Waals surface area contributed by atoms with Gasteiger partial charge < -0.3 is 5.11 Å². The average Bonchev–Trinajstić information content (AvgIpc) is 3.07. The van der Waals surface area contributed by atoms with Crippen LogP contribution in [0.4, 0.5) is 0 Å². The molecule has 1 saturated carbocycles. The van der Waals surface area contributed by atoms with Crippen LogP contribution in [0, 0.1) is 11.8 Å². The van der Waals surface area contributed by atoms with Crippen molar-refractivity contribution in [2.45, 2.75) is 65.0 Å². The molecule has 0 aliphatic heterocycles. The number of hydrogen-bond acceptors (Lipinski definition) is 2. The highest BCUT2D eigenvalue weighted by atomic mass is 16.4. The summed E-state index contributed by atoms with van der Waals surface area (Å²) in [6.07, 6.45) is 4.20. The van der Waals surface area contributed by atoms with Gasteiger partial charge in [0.2, 0.25) is 0 Å². The molecule has 0 aromatic heterocycles. The fourth-order valence-corrected chi connectivity index (χ4v) is 2.35. The quantitative estimate of drug-likeness (QED) is 0.745. The Morgan fingerprint density at radius 1 is 1.41 bits per heavy atom. The molecule has 3 heteroatoms. The van der Waals surface area contributed by atoms with E-state index in [1.54, 1.807) is 0 Å². The van der Waals surface area contributed by atoms with Crippen LogP contribution in [0.15, 0.2) is 0 Å². The third-order valence-corrected chi connectivity index (χ3v) is 4.36. The second-order valence-electron chi connectivity index (χ2n) is 6.20. The van der Waals surface area contributed by atoms with Crippen LogP contribution in [0.25, 0.3) is 0 Å². The molecule has 0 spiro atoms. The number of hydrogen-bond donors (Lipinski definition) is 1. The van der Waals surface area contributed by atoms with E-state index in [-0.39, 0.29) is 0 Å². The van der Waals surface area contributed by atoms with Crippen molar-refractivity contribution in [1.82, 2.24) is 4.90 Å². The smallest absolute Gasteiger partial charge is 0.323 e. The maximum atomic E-state index is 11.6.